The fourth-order valence-corrected chi connectivity index (χ4v) is 2.18. The second-order valence-corrected chi connectivity index (χ2v) is 5.68. The van der Waals surface area contributed by atoms with E-state index < -0.39 is 5.97 Å². The predicted octanol–water partition coefficient (Wildman–Crippen LogP) is 2.22. The molecule has 0 spiro atoms. The smallest absolute Gasteiger partial charge is 0.325 e. The van der Waals surface area contributed by atoms with Gasteiger partial charge >= 0.3 is 5.97 Å². The summed E-state index contributed by atoms with van der Waals surface area (Å²) in [6.45, 7) is 0.271. The van der Waals surface area contributed by atoms with E-state index in [1.807, 2.05) is 0 Å². The predicted molar refractivity (Wildman–Crippen MR) is 100 cm³/mol. The molecule has 0 atom stereocenters. The lowest BCUT2D eigenvalue weighted by atomic mass is 10.2. The van der Waals surface area contributed by atoms with E-state index in [0.717, 1.165) is 5.56 Å². The van der Waals surface area contributed by atoms with E-state index in [0.29, 0.717) is 22.9 Å². The summed E-state index contributed by atoms with van der Waals surface area (Å²) < 4.78 is 17.3. The molecule has 8 heteroatoms. The SMILES string of the molecule is COC(=O)CNC(=O)c1ccc(NC(=S)NCc2ccc(F)cc2)cc1. The Bertz CT molecular complexity index is 779. The van der Waals surface area contributed by atoms with E-state index in [1.54, 1.807) is 36.4 Å². The Morgan fingerprint density at radius 3 is 2.31 bits per heavy atom. The van der Waals surface area contributed by atoms with Gasteiger partial charge in [-0.3, -0.25) is 9.59 Å². The number of hydrogen-bond donors (Lipinski definition) is 3. The normalized spacial score (nSPS) is 9.92. The standard InChI is InChI=1S/C18H18FN3O3S/c1-25-16(23)11-20-17(24)13-4-8-15(9-5-13)22-18(26)21-10-12-2-6-14(19)7-3-12/h2-9H,10-11H2,1H3,(H,20,24)(H2,21,22,26). The number of anilines is 1. The van der Waals surface area contributed by atoms with Crippen LogP contribution in [0.3, 0.4) is 0 Å². The molecule has 0 bridgehead atoms. The van der Waals surface area contributed by atoms with Crippen molar-refractivity contribution < 1.29 is 18.7 Å². The number of hydrogen-bond acceptors (Lipinski definition) is 4. The zero-order valence-electron chi connectivity index (χ0n) is 14.0. The Morgan fingerprint density at radius 1 is 1.04 bits per heavy atom. The van der Waals surface area contributed by atoms with Crippen molar-refractivity contribution in [1.29, 1.82) is 0 Å². The first-order chi connectivity index (χ1) is 12.5. The van der Waals surface area contributed by atoms with E-state index >= 15 is 0 Å². The number of methoxy groups -OCH3 is 1. The van der Waals surface area contributed by atoms with Gasteiger partial charge in [-0.05, 0) is 54.2 Å². The molecule has 0 saturated heterocycles. The molecule has 0 aliphatic rings. The Labute approximate surface area is 155 Å². The Morgan fingerprint density at radius 2 is 1.69 bits per heavy atom. The maximum Gasteiger partial charge on any atom is 0.325 e. The van der Waals surface area contributed by atoms with Crippen molar-refractivity contribution in [3.8, 4) is 0 Å². The lowest BCUT2D eigenvalue weighted by Gasteiger charge is -2.11. The molecule has 0 aliphatic carbocycles. The van der Waals surface area contributed by atoms with Crippen LogP contribution in [0.2, 0.25) is 0 Å². The van der Waals surface area contributed by atoms with E-state index in [-0.39, 0.29) is 18.3 Å². The number of benzene rings is 2. The first-order valence-electron chi connectivity index (χ1n) is 7.72. The molecule has 0 fully saturated rings. The van der Waals surface area contributed by atoms with Crippen LogP contribution < -0.4 is 16.0 Å². The third-order valence-electron chi connectivity index (χ3n) is 3.39. The first-order valence-corrected chi connectivity index (χ1v) is 8.13. The molecule has 0 aromatic heterocycles. The lowest BCUT2D eigenvalue weighted by molar-refractivity contribution is -0.139. The number of halogens is 1. The molecule has 0 heterocycles. The summed E-state index contributed by atoms with van der Waals surface area (Å²) in [5, 5.41) is 8.85. The molecular formula is C18H18FN3O3S. The van der Waals surface area contributed by atoms with Crippen molar-refractivity contribution in [3.05, 3.63) is 65.5 Å². The molecular weight excluding hydrogens is 357 g/mol. The molecule has 0 saturated carbocycles. The number of carbonyl (C=O) groups excluding carboxylic acids is 2. The van der Waals surface area contributed by atoms with Gasteiger partial charge in [-0.2, -0.15) is 0 Å². The summed E-state index contributed by atoms with van der Waals surface area (Å²) in [6.07, 6.45) is 0. The number of ether oxygens (including phenoxy) is 1. The first kappa shape index (κ1) is 19.3. The Balaban J connectivity index is 1.82. The number of carbonyl (C=O) groups is 2. The van der Waals surface area contributed by atoms with E-state index in [1.165, 1.54) is 19.2 Å². The maximum atomic E-state index is 12.9. The van der Waals surface area contributed by atoms with Crippen molar-refractivity contribution in [2.75, 3.05) is 19.0 Å². The maximum absolute atomic E-state index is 12.9. The Kier molecular flexibility index (Phi) is 7.04. The van der Waals surface area contributed by atoms with Crippen molar-refractivity contribution in [2.45, 2.75) is 6.54 Å². The average Bonchev–Trinajstić information content (AvgIpc) is 2.66. The van der Waals surface area contributed by atoms with Gasteiger partial charge in [0.1, 0.15) is 12.4 Å². The highest BCUT2D eigenvalue weighted by atomic mass is 32.1. The van der Waals surface area contributed by atoms with Crippen molar-refractivity contribution in [2.24, 2.45) is 0 Å². The van der Waals surface area contributed by atoms with Crippen LogP contribution in [0.4, 0.5) is 10.1 Å². The van der Waals surface area contributed by atoms with E-state index in [9.17, 15) is 14.0 Å². The fourth-order valence-electron chi connectivity index (χ4n) is 1.99. The molecule has 2 rings (SSSR count). The highest BCUT2D eigenvalue weighted by Crippen LogP contribution is 2.10. The van der Waals surface area contributed by atoms with Crippen molar-refractivity contribution in [1.82, 2.24) is 10.6 Å². The number of amides is 1. The van der Waals surface area contributed by atoms with Gasteiger partial charge in [0.25, 0.3) is 5.91 Å². The third-order valence-corrected chi connectivity index (χ3v) is 3.64. The van der Waals surface area contributed by atoms with Crippen LogP contribution >= 0.6 is 12.2 Å². The molecule has 2 aromatic carbocycles. The summed E-state index contributed by atoms with van der Waals surface area (Å²) in [6, 6.07) is 12.7. The van der Waals surface area contributed by atoms with Crippen molar-refractivity contribution >= 4 is 34.9 Å². The fraction of sp³-hybridized carbons (Fsp3) is 0.167. The summed E-state index contributed by atoms with van der Waals surface area (Å²) in [7, 11) is 1.25. The summed E-state index contributed by atoms with van der Waals surface area (Å²) in [4.78, 5) is 22.9. The lowest BCUT2D eigenvalue weighted by Crippen LogP contribution is -2.30. The second-order valence-electron chi connectivity index (χ2n) is 5.27. The van der Waals surface area contributed by atoms with Crippen LogP contribution in [-0.2, 0) is 16.1 Å². The number of rotatable bonds is 6. The molecule has 1 amide bonds. The van der Waals surface area contributed by atoms with Gasteiger partial charge in [-0.1, -0.05) is 12.1 Å². The molecule has 3 N–H and O–H groups in total. The largest absolute Gasteiger partial charge is 0.468 e. The molecule has 2 aromatic rings. The van der Waals surface area contributed by atoms with E-state index in [2.05, 4.69) is 20.7 Å². The molecule has 26 heavy (non-hydrogen) atoms. The Hall–Kier alpha value is -3.00. The number of thiocarbonyl (C=S) groups is 1. The van der Waals surface area contributed by atoms with Crippen LogP contribution in [-0.4, -0.2) is 30.6 Å². The molecule has 0 aliphatic heterocycles. The van der Waals surface area contributed by atoms with Crippen LogP contribution in [0.25, 0.3) is 0 Å². The quantitative estimate of drug-likeness (QED) is 0.531. The minimum atomic E-state index is -0.519. The minimum Gasteiger partial charge on any atom is -0.468 e. The highest BCUT2D eigenvalue weighted by molar-refractivity contribution is 7.80. The highest BCUT2D eigenvalue weighted by Gasteiger charge is 2.08. The third kappa shape index (κ3) is 6.14. The van der Waals surface area contributed by atoms with Gasteiger partial charge in [0.15, 0.2) is 5.11 Å². The van der Waals surface area contributed by atoms with Crippen molar-refractivity contribution in [3.63, 3.8) is 0 Å². The van der Waals surface area contributed by atoms with Crippen LogP contribution in [0, 0.1) is 5.82 Å². The van der Waals surface area contributed by atoms with Crippen LogP contribution in [0.5, 0.6) is 0 Å². The van der Waals surface area contributed by atoms with Gasteiger partial charge < -0.3 is 20.7 Å². The monoisotopic (exact) mass is 375 g/mol. The van der Waals surface area contributed by atoms with Crippen LogP contribution in [0.15, 0.2) is 48.5 Å². The van der Waals surface area contributed by atoms with E-state index in [4.69, 9.17) is 12.2 Å². The molecule has 136 valence electrons. The van der Waals surface area contributed by atoms with Gasteiger partial charge in [-0.15, -0.1) is 0 Å². The summed E-state index contributed by atoms with van der Waals surface area (Å²) in [5.41, 5.74) is 2.00. The zero-order valence-corrected chi connectivity index (χ0v) is 14.9. The number of esters is 1. The van der Waals surface area contributed by atoms with Gasteiger partial charge in [0, 0.05) is 17.8 Å². The van der Waals surface area contributed by atoms with Crippen LogP contribution in [0.1, 0.15) is 15.9 Å². The summed E-state index contributed by atoms with van der Waals surface area (Å²) in [5.74, 6) is -1.18. The van der Waals surface area contributed by atoms with Gasteiger partial charge in [0.2, 0.25) is 0 Å². The molecule has 0 radical (unpaired) electrons. The summed E-state index contributed by atoms with van der Waals surface area (Å²) >= 11 is 5.20. The zero-order chi connectivity index (χ0) is 18.9. The number of nitrogens with one attached hydrogen (secondary N) is 3. The van der Waals surface area contributed by atoms with Gasteiger partial charge in [-0.25, -0.2) is 4.39 Å². The molecule has 6 nitrogen and oxygen atoms in total. The minimum absolute atomic E-state index is 0.188. The second kappa shape index (κ2) is 9.47. The van der Waals surface area contributed by atoms with Gasteiger partial charge in [0.05, 0.1) is 7.11 Å². The average molecular weight is 375 g/mol. The topological polar surface area (TPSA) is 79.5 Å². The molecule has 0 unspecified atom stereocenters.